The fourth-order valence-electron chi connectivity index (χ4n) is 1.19. The van der Waals surface area contributed by atoms with E-state index in [1.807, 2.05) is 13.8 Å². The van der Waals surface area contributed by atoms with Crippen molar-refractivity contribution in [3.63, 3.8) is 0 Å². The highest BCUT2D eigenvalue weighted by molar-refractivity contribution is 6.32. The Morgan fingerprint density at radius 3 is 2.82 bits per heavy atom. The summed E-state index contributed by atoms with van der Waals surface area (Å²) in [6.45, 7) is 4.59. The quantitative estimate of drug-likeness (QED) is 0.822. The zero-order valence-corrected chi connectivity index (χ0v) is 10.6. The van der Waals surface area contributed by atoms with E-state index in [9.17, 15) is 9.18 Å². The van der Waals surface area contributed by atoms with Crippen LogP contribution in [-0.2, 0) is 4.79 Å². The van der Waals surface area contributed by atoms with E-state index in [4.69, 9.17) is 11.6 Å². The van der Waals surface area contributed by atoms with Gasteiger partial charge in [-0.2, -0.15) is 0 Å². The van der Waals surface area contributed by atoms with Gasteiger partial charge in [-0.25, -0.2) is 4.39 Å². The second kappa shape index (κ2) is 6.40. The molecule has 0 aliphatic carbocycles. The zero-order chi connectivity index (χ0) is 12.8. The van der Waals surface area contributed by atoms with Crippen molar-refractivity contribution in [3.05, 3.63) is 40.7 Å². The largest absolute Gasteiger partial charge is 0.352 e. The second-order valence-corrected chi connectivity index (χ2v) is 4.51. The van der Waals surface area contributed by atoms with Crippen molar-refractivity contribution in [1.82, 2.24) is 5.32 Å². The molecule has 2 nitrogen and oxygen atoms in total. The molecule has 0 unspecified atom stereocenters. The van der Waals surface area contributed by atoms with Gasteiger partial charge >= 0.3 is 0 Å². The molecule has 0 bridgehead atoms. The van der Waals surface area contributed by atoms with Crippen molar-refractivity contribution < 1.29 is 9.18 Å². The molecule has 0 aliphatic rings. The van der Waals surface area contributed by atoms with E-state index >= 15 is 0 Å². The van der Waals surface area contributed by atoms with Gasteiger partial charge in [0.2, 0.25) is 5.91 Å². The van der Waals surface area contributed by atoms with E-state index in [1.54, 1.807) is 6.07 Å². The van der Waals surface area contributed by atoms with Crippen LogP contribution < -0.4 is 5.32 Å². The molecule has 0 radical (unpaired) electrons. The Morgan fingerprint density at radius 2 is 2.24 bits per heavy atom. The van der Waals surface area contributed by atoms with Crippen molar-refractivity contribution in [2.75, 3.05) is 6.54 Å². The van der Waals surface area contributed by atoms with Gasteiger partial charge in [0.05, 0.1) is 5.02 Å². The molecular formula is C13H15ClFNO. The maximum absolute atomic E-state index is 13.3. The van der Waals surface area contributed by atoms with Crippen LogP contribution in [0.3, 0.4) is 0 Å². The Balaban J connectivity index is 2.67. The number of amides is 1. The lowest BCUT2D eigenvalue weighted by Crippen LogP contribution is -2.25. The SMILES string of the molecule is CC(C)CNC(=O)/C=C/c1c(F)cccc1Cl. The molecule has 0 heterocycles. The van der Waals surface area contributed by atoms with Gasteiger partial charge in [-0.05, 0) is 24.1 Å². The Bertz CT molecular complexity index is 409. The van der Waals surface area contributed by atoms with Crippen LogP contribution in [0.4, 0.5) is 4.39 Å². The summed E-state index contributed by atoms with van der Waals surface area (Å²) in [4.78, 5) is 11.4. The number of carbonyl (C=O) groups excluding carboxylic acids is 1. The molecular weight excluding hydrogens is 241 g/mol. The van der Waals surface area contributed by atoms with Gasteiger partial charge in [-0.3, -0.25) is 4.79 Å². The summed E-state index contributed by atoms with van der Waals surface area (Å²) in [5.41, 5.74) is 0.230. The highest BCUT2D eigenvalue weighted by atomic mass is 35.5. The highest BCUT2D eigenvalue weighted by Gasteiger charge is 2.04. The molecule has 0 aliphatic heterocycles. The first-order valence-electron chi connectivity index (χ1n) is 5.40. The van der Waals surface area contributed by atoms with Gasteiger partial charge in [-0.1, -0.05) is 31.5 Å². The third-order valence-electron chi connectivity index (χ3n) is 2.09. The van der Waals surface area contributed by atoms with Gasteiger partial charge in [0.15, 0.2) is 0 Å². The molecule has 92 valence electrons. The number of hydrogen-bond acceptors (Lipinski definition) is 1. The number of rotatable bonds is 4. The Kier molecular flexibility index (Phi) is 5.16. The van der Waals surface area contributed by atoms with Gasteiger partial charge in [-0.15, -0.1) is 0 Å². The molecule has 1 amide bonds. The normalized spacial score (nSPS) is 11.1. The summed E-state index contributed by atoms with van der Waals surface area (Å²) in [6, 6.07) is 4.40. The first-order chi connectivity index (χ1) is 8.00. The molecule has 0 saturated carbocycles. The first-order valence-corrected chi connectivity index (χ1v) is 5.78. The Morgan fingerprint density at radius 1 is 1.53 bits per heavy atom. The van der Waals surface area contributed by atoms with Gasteiger partial charge in [0.25, 0.3) is 0 Å². The van der Waals surface area contributed by atoms with Crippen molar-refractivity contribution >= 4 is 23.6 Å². The summed E-state index contributed by atoms with van der Waals surface area (Å²) < 4.78 is 13.3. The van der Waals surface area contributed by atoms with Crippen LogP contribution in [0.5, 0.6) is 0 Å². The minimum absolute atomic E-state index is 0.230. The molecule has 1 aromatic rings. The molecule has 4 heteroatoms. The molecule has 0 aromatic heterocycles. The van der Waals surface area contributed by atoms with Crippen LogP contribution in [0, 0.1) is 11.7 Å². The first kappa shape index (κ1) is 13.7. The smallest absolute Gasteiger partial charge is 0.244 e. The van der Waals surface area contributed by atoms with Crippen LogP contribution >= 0.6 is 11.6 Å². The standard InChI is InChI=1S/C13H15ClFNO/c1-9(2)8-16-13(17)7-6-10-11(14)4-3-5-12(10)15/h3-7,9H,8H2,1-2H3,(H,16,17)/b7-6+. The van der Waals surface area contributed by atoms with E-state index in [1.165, 1.54) is 24.3 Å². The summed E-state index contributed by atoms with van der Waals surface area (Å²) >= 11 is 5.82. The van der Waals surface area contributed by atoms with Crippen LogP contribution in [0.25, 0.3) is 6.08 Å². The molecule has 0 saturated heterocycles. The van der Waals surface area contributed by atoms with Gasteiger partial charge in [0, 0.05) is 18.2 Å². The van der Waals surface area contributed by atoms with E-state index in [2.05, 4.69) is 5.32 Å². The monoisotopic (exact) mass is 255 g/mol. The van der Waals surface area contributed by atoms with Crippen LogP contribution in [0.1, 0.15) is 19.4 Å². The lowest BCUT2D eigenvalue weighted by atomic mass is 10.2. The predicted molar refractivity (Wildman–Crippen MR) is 68.3 cm³/mol. The third-order valence-corrected chi connectivity index (χ3v) is 2.42. The van der Waals surface area contributed by atoms with Crippen LogP contribution in [0.2, 0.25) is 5.02 Å². The maximum atomic E-state index is 13.3. The average molecular weight is 256 g/mol. The maximum Gasteiger partial charge on any atom is 0.244 e. The molecule has 0 spiro atoms. The highest BCUT2D eigenvalue weighted by Crippen LogP contribution is 2.20. The van der Waals surface area contributed by atoms with E-state index < -0.39 is 5.82 Å². The Hall–Kier alpha value is -1.35. The number of benzene rings is 1. The zero-order valence-electron chi connectivity index (χ0n) is 9.84. The van der Waals surface area contributed by atoms with E-state index in [-0.39, 0.29) is 16.5 Å². The van der Waals surface area contributed by atoms with Crippen molar-refractivity contribution in [2.45, 2.75) is 13.8 Å². The fourth-order valence-corrected chi connectivity index (χ4v) is 1.42. The lowest BCUT2D eigenvalue weighted by Gasteiger charge is -2.04. The van der Waals surface area contributed by atoms with E-state index in [0.717, 1.165) is 0 Å². The molecule has 0 atom stereocenters. The van der Waals surface area contributed by atoms with Gasteiger partial charge < -0.3 is 5.32 Å². The minimum Gasteiger partial charge on any atom is -0.352 e. The van der Waals surface area contributed by atoms with Crippen molar-refractivity contribution in [3.8, 4) is 0 Å². The average Bonchev–Trinajstić information content (AvgIpc) is 2.25. The lowest BCUT2D eigenvalue weighted by molar-refractivity contribution is -0.116. The number of carbonyl (C=O) groups is 1. The molecule has 17 heavy (non-hydrogen) atoms. The van der Waals surface area contributed by atoms with Crippen molar-refractivity contribution in [2.24, 2.45) is 5.92 Å². The molecule has 1 rings (SSSR count). The number of nitrogens with one attached hydrogen (secondary N) is 1. The van der Waals surface area contributed by atoms with Crippen LogP contribution in [-0.4, -0.2) is 12.5 Å². The molecule has 1 N–H and O–H groups in total. The summed E-state index contributed by atoms with van der Waals surface area (Å²) in [5, 5.41) is 2.99. The fraction of sp³-hybridized carbons (Fsp3) is 0.308. The van der Waals surface area contributed by atoms with Gasteiger partial charge in [0.1, 0.15) is 5.82 Å². The summed E-state index contributed by atoms with van der Waals surface area (Å²) in [5.74, 6) is -0.312. The minimum atomic E-state index is -0.439. The number of halogens is 2. The topological polar surface area (TPSA) is 29.1 Å². The second-order valence-electron chi connectivity index (χ2n) is 4.11. The molecule has 1 aromatic carbocycles. The summed E-state index contributed by atoms with van der Waals surface area (Å²) in [6.07, 6.45) is 2.67. The van der Waals surface area contributed by atoms with Crippen molar-refractivity contribution in [1.29, 1.82) is 0 Å². The predicted octanol–water partition coefficient (Wildman–Crippen LogP) is 3.26. The molecule has 0 fully saturated rings. The summed E-state index contributed by atoms with van der Waals surface area (Å²) in [7, 11) is 0. The Labute approximate surface area is 105 Å². The third kappa shape index (κ3) is 4.57. The number of hydrogen-bond donors (Lipinski definition) is 1. The van der Waals surface area contributed by atoms with Crippen LogP contribution in [0.15, 0.2) is 24.3 Å². The van der Waals surface area contributed by atoms with E-state index in [0.29, 0.717) is 12.5 Å².